The second-order valence-electron chi connectivity index (χ2n) is 8.83. The Morgan fingerprint density at radius 1 is 1.09 bits per heavy atom. The van der Waals surface area contributed by atoms with Crippen LogP contribution in [0.1, 0.15) is 65.2 Å². The van der Waals surface area contributed by atoms with Crippen LogP contribution in [0, 0.1) is 28.6 Å². The molecule has 3 heteroatoms. The summed E-state index contributed by atoms with van der Waals surface area (Å²) < 4.78 is 0. The van der Waals surface area contributed by atoms with Gasteiger partial charge in [-0.15, -0.1) is 0 Å². The standard InChI is InChI=1S/C19H28O3/c1-17-8-3-4-15(17)14-6-5-12-10-13(20)11-19(21,22)18(12,2)16(14)7-9-17/h10,14-16,21-22H,3-9,11H2,1-2H3/t14-,15-,16+,17-,18-/m0/s1. The van der Waals surface area contributed by atoms with E-state index in [1.807, 2.05) is 6.92 Å². The van der Waals surface area contributed by atoms with Gasteiger partial charge in [0.15, 0.2) is 11.6 Å². The maximum absolute atomic E-state index is 11.9. The Kier molecular flexibility index (Phi) is 3.01. The molecule has 0 aromatic carbocycles. The van der Waals surface area contributed by atoms with Crippen LogP contribution in [-0.2, 0) is 4.79 Å². The predicted octanol–water partition coefficient (Wildman–Crippen LogP) is 3.20. The molecule has 4 rings (SSSR count). The summed E-state index contributed by atoms with van der Waals surface area (Å²) in [6.45, 7) is 4.46. The van der Waals surface area contributed by atoms with Crippen molar-refractivity contribution in [2.75, 3.05) is 0 Å². The fraction of sp³-hybridized carbons (Fsp3) is 0.842. The van der Waals surface area contributed by atoms with Crippen LogP contribution in [-0.4, -0.2) is 21.8 Å². The van der Waals surface area contributed by atoms with Crippen molar-refractivity contribution in [3.8, 4) is 0 Å². The molecule has 3 saturated carbocycles. The third-order valence-electron chi connectivity index (χ3n) is 7.96. The fourth-order valence-electron chi connectivity index (χ4n) is 6.67. The van der Waals surface area contributed by atoms with Gasteiger partial charge in [-0.1, -0.05) is 25.8 Å². The Labute approximate surface area is 132 Å². The normalized spacial score (nSPS) is 49.9. The molecule has 0 aromatic heterocycles. The predicted molar refractivity (Wildman–Crippen MR) is 83.9 cm³/mol. The number of rotatable bonds is 0. The first-order valence-electron chi connectivity index (χ1n) is 8.97. The molecule has 22 heavy (non-hydrogen) atoms. The Hall–Kier alpha value is -0.670. The summed E-state index contributed by atoms with van der Waals surface area (Å²) >= 11 is 0. The van der Waals surface area contributed by atoms with Crippen LogP contribution in [0.3, 0.4) is 0 Å². The highest BCUT2D eigenvalue weighted by Crippen LogP contribution is 2.66. The lowest BCUT2D eigenvalue weighted by molar-refractivity contribution is -0.262. The first-order valence-corrected chi connectivity index (χ1v) is 8.97. The van der Waals surface area contributed by atoms with E-state index in [4.69, 9.17) is 0 Å². The van der Waals surface area contributed by atoms with Crippen molar-refractivity contribution in [3.05, 3.63) is 11.6 Å². The van der Waals surface area contributed by atoms with Gasteiger partial charge >= 0.3 is 0 Å². The zero-order valence-electron chi connectivity index (χ0n) is 13.8. The Morgan fingerprint density at radius 2 is 1.86 bits per heavy atom. The SMILES string of the molecule is C[C@@]12CCC[C@H]1[C@@H]1CCC3=CC(=O)CC(O)(O)[C@]3(C)[C@@H]1CC2. The van der Waals surface area contributed by atoms with Gasteiger partial charge in [0.1, 0.15) is 0 Å². The minimum absolute atomic E-state index is 0.127. The minimum atomic E-state index is -1.87. The van der Waals surface area contributed by atoms with E-state index in [0.717, 1.165) is 30.8 Å². The second-order valence-corrected chi connectivity index (χ2v) is 8.83. The molecule has 0 bridgehead atoms. The van der Waals surface area contributed by atoms with Gasteiger partial charge in [0.2, 0.25) is 0 Å². The van der Waals surface area contributed by atoms with E-state index in [-0.39, 0.29) is 12.2 Å². The van der Waals surface area contributed by atoms with Crippen LogP contribution in [0.25, 0.3) is 0 Å². The smallest absolute Gasteiger partial charge is 0.179 e. The van der Waals surface area contributed by atoms with E-state index in [2.05, 4.69) is 6.92 Å². The number of hydrogen-bond donors (Lipinski definition) is 2. The zero-order chi connectivity index (χ0) is 15.8. The van der Waals surface area contributed by atoms with Gasteiger partial charge in [0, 0.05) is 5.41 Å². The molecule has 5 atom stereocenters. The van der Waals surface area contributed by atoms with Crippen molar-refractivity contribution in [1.29, 1.82) is 0 Å². The van der Waals surface area contributed by atoms with Crippen molar-refractivity contribution in [3.63, 3.8) is 0 Å². The molecule has 0 unspecified atom stereocenters. The fourth-order valence-corrected chi connectivity index (χ4v) is 6.67. The van der Waals surface area contributed by atoms with Gasteiger partial charge in [0.05, 0.1) is 6.42 Å². The number of hydrogen-bond acceptors (Lipinski definition) is 3. The Bertz CT molecular complexity index is 549. The molecule has 0 radical (unpaired) electrons. The third kappa shape index (κ3) is 1.73. The highest BCUT2D eigenvalue weighted by molar-refractivity contribution is 5.92. The average molecular weight is 304 g/mol. The summed E-state index contributed by atoms with van der Waals surface area (Å²) in [4.78, 5) is 11.9. The molecular weight excluding hydrogens is 276 g/mol. The number of carbonyl (C=O) groups excluding carboxylic acids is 1. The summed E-state index contributed by atoms with van der Waals surface area (Å²) in [5.74, 6) is -0.360. The molecule has 2 N–H and O–H groups in total. The van der Waals surface area contributed by atoms with Crippen LogP contribution in [0.2, 0.25) is 0 Å². The highest BCUT2D eigenvalue weighted by Gasteiger charge is 2.63. The molecule has 0 aliphatic heterocycles. The monoisotopic (exact) mass is 304 g/mol. The number of carbonyl (C=O) groups is 1. The molecular formula is C19H28O3. The van der Waals surface area contributed by atoms with Gasteiger partial charge in [-0.2, -0.15) is 0 Å². The van der Waals surface area contributed by atoms with E-state index in [0.29, 0.717) is 17.3 Å². The maximum atomic E-state index is 11.9. The molecule has 3 fully saturated rings. The van der Waals surface area contributed by atoms with Gasteiger partial charge in [0.25, 0.3) is 0 Å². The number of fused-ring (bicyclic) bond motifs is 5. The number of ketones is 1. The largest absolute Gasteiger partial charge is 0.365 e. The highest BCUT2D eigenvalue weighted by atomic mass is 16.5. The molecule has 0 spiro atoms. The molecule has 0 heterocycles. The van der Waals surface area contributed by atoms with Crippen molar-refractivity contribution < 1.29 is 15.0 Å². The topological polar surface area (TPSA) is 57.5 Å². The lowest BCUT2D eigenvalue weighted by Crippen LogP contribution is -2.60. The lowest BCUT2D eigenvalue weighted by atomic mass is 9.46. The molecule has 0 aromatic rings. The molecule has 122 valence electrons. The summed E-state index contributed by atoms with van der Waals surface area (Å²) in [5, 5.41) is 21.5. The summed E-state index contributed by atoms with van der Waals surface area (Å²) in [5.41, 5.74) is 0.835. The summed E-state index contributed by atoms with van der Waals surface area (Å²) in [7, 11) is 0. The van der Waals surface area contributed by atoms with Crippen LogP contribution in [0.4, 0.5) is 0 Å². The van der Waals surface area contributed by atoms with E-state index >= 15 is 0 Å². The number of aliphatic hydroxyl groups is 2. The molecule has 3 nitrogen and oxygen atoms in total. The van der Waals surface area contributed by atoms with Gasteiger partial charge in [-0.3, -0.25) is 4.79 Å². The minimum Gasteiger partial charge on any atom is -0.365 e. The second kappa shape index (κ2) is 4.45. The zero-order valence-corrected chi connectivity index (χ0v) is 13.8. The molecule has 4 aliphatic carbocycles. The van der Waals surface area contributed by atoms with Crippen LogP contribution >= 0.6 is 0 Å². The van der Waals surface area contributed by atoms with Crippen molar-refractivity contribution in [1.82, 2.24) is 0 Å². The van der Waals surface area contributed by atoms with E-state index in [9.17, 15) is 15.0 Å². The Morgan fingerprint density at radius 3 is 2.64 bits per heavy atom. The van der Waals surface area contributed by atoms with E-state index in [1.165, 1.54) is 25.7 Å². The first kappa shape index (κ1) is 14.9. The lowest BCUT2D eigenvalue weighted by Gasteiger charge is -2.60. The molecule has 0 amide bonds. The Balaban J connectivity index is 1.77. The molecule has 4 aliphatic rings. The van der Waals surface area contributed by atoms with E-state index < -0.39 is 11.2 Å². The first-order chi connectivity index (χ1) is 10.3. The van der Waals surface area contributed by atoms with Crippen LogP contribution < -0.4 is 0 Å². The van der Waals surface area contributed by atoms with Gasteiger partial charge < -0.3 is 10.2 Å². The maximum Gasteiger partial charge on any atom is 0.179 e. The third-order valence-corrected chi connectivity index (χ3v) is 7.96. The summed E-state index contributed by atoms with van der Waals surface area (Å²) in [6, 6.07) is 0. The van der Waals surface area contributed by atoms with Crippen LogP contribution in [0.5, 0.6) is 0 Å². The summed E-state index contributed by atoms with van der Waals surface area (Å²) in [6.07, 6.45) is 9.80. The van der Waals surface area contributed by atoms with Crippen molar-refractivity contribution >= 4 is 5.78 Å². The molecule has 0 saturated heterocycles. The van der Waals surface area contributed by atoms with E-state index in [1.54, 1.807) is 6.08 Å². The van der Waals surface area contributed by atoms with Crippen molar-refractivity contribution in [2.24, 2.45) is 28.6 Å². The quantitative estimate of drug-likeness (QED) is 0.676. The van der Waals surface area contributed by atoms with Gasteiger partial charge in [-0.25, -0.2) is 0 Å². The average Bonchev–Trinajstić information content (AvgIpc) is 2.81. The van der Waals surface area contributed by atoms with Crippen molar-refractivity contribution in [2.45, 2.75) is 71.0 Å². The van der Waals surface area contributed by atoms with Crippen LogP contribution in [0.15, 0.2) is 11.6 Å². The van der Waals surface area contributed by atoms with Gasteiger partial charge in [-0.05, 0) is 67.8 Å².